The van der Waals surface area contributed by atoms with E-state index in [2.05, 4.69) is 43.4 Å². The van der Waals surface area contributed by atoms with E-state index in [9.17, 15) is 0 Å². The second-order valence-corrected chi connectivity index (χ2v) is 5.98. The van der Waals surface area contributed by atoms with E-state index < -0.39 is 0 Å². The zero-order valence-corrected chi connectivity index (χ0v) is 13.9. The third-order valence-corrected chi connectivity index (χ3v) is 3.85. The topological polar surface area (TPSA) is 68.8 Å². The third kappa shape index (κ3) is 3.26. The van der Waals surface area contributed by atoms with Crippen LogP contribution >= 0.6 is 15.9 Å². The Bertz CT molecular complexity index is 767. The van der Waals surface area contributed by atoms with Gasteiger partial charge in [0, 0.05) is 23.1 Å². The third-order valence-electron chi connectivity index (χ3n) is 3.35. The first-order chi connectivity index (χ1) is 10.7. The van der Waals surface area contributed by atoms with Gasteiger partial charge < -0.3 is 9.84 Å². The summed E-state index contributed by atoms with van der Waals surface area (Å²) >= 11 is 3.46. The number of nitrogens with zero attached hydrogens (tertiary/aromatic N) is 4. The molecule has 0 bridgehead atoms. The first-order valence-electron chi connectivity index (χ1n) is 6.96. The lowest BCUT2D eigenvalue weighted by Crippen LogP contribution is -2.24. The highest BCUT2D eigenvalue weighted by molar-refractivity contribution is 9.10. The molecule has 0 fully saturated rings. The summed E-state index contributed by atoms with van der Waals surface area (Å²) in [6.45, 7) is 2.07. The zero-order valence-electron chi connectivity index (χ0n) is 12.3. The molecule has 114 valence electrons. The highest BCUT2D eigenvalue weighted by atomic mass is 79.9. The van der Waals surface area contributed by atoms with Crippen LogP contribution in [0.15, 0.2) is 45.7 Å². The van der Waals surface area contributed by atoms with Gasteiger partial charge in [-0.15, -0.1) is 0 Å². The molecule has 0 aliphatic carbocycles. The Morgan fingerprint density at radius 1 is 1.41 bits per heavy atom. The Labute approximate surface area is 136 Å². The Kier molecular flexibility index (Phi) is 4.35. The van der Waals surface area contributed by atoms with Gasteiger partial charge in [0.25, 0.3) is 5.89 Å². The Morgan fingerprint density at radius 3 is 3.05 bits per heavy atom. The average Bonchev–Trinajstić information content (AvgIpc) is 3.15. The predicted octanol–water partition coefficient (Wildman–Crippen LogP) is 2.84. The van der Waals surface area contributed by atoms with Crippen LogP contribution in [0.5, 0.6) is 0 Å². The molecule has 1 atom stereocenters. The van der Waals surface area contributed by atoms with Gasteiger partial charge in [-0.3, -0.25) is 0 Å². The molecular weight excluding hydrogens is 346 g/mol. The smallest absolute Gasteiger partial charge is 0.261 e. The first kappa shape index (κ1) is 14.9. The van der Waals surface area contributed by atoms with Crippen LogP contribution in [-0.2, 0) is 6.42 Å². The van der Waals surface area contributed by atoms with Gasteiger partial charge >= 0.3 is 0 Å². The molecule has 0 aliphatic rings. The SMILES string of the molecule is CNC(C)Cc1noc(-c2cnn(-c3cccc(Br)c3)c2)n1. The molecule has 3 rings (SSSR count). The molecule has 1 unspecified atom stereocenters. The number of hydrogen-bond acceptors (Lipinski definition) is 5. The number of nitrogens with one attached hydrogen (secondary N) is 1. The minimum Gasteiger partial charge on any atom is -0.334 e. The number of likely N-dealkylation sites (N-methyl/N-ethyl adjacent to an activating group) is 1. The monoisotopic (exact) mass is 361 g/mol. The fourth-order valence-corrected chi connectivity index (χ4v) is 2.41. The van der Waals surface area contributed by atoms with Crippen molar-refractivity contribution in [2.75, 3.05) is 7.05 Å². The number of halogens is 1. The number of hydrogen-bond donors (Lipinski definition) is 1. The maximum absolute atomic E-state index is 5.32. The molecule has 1 N–H and O–H groups in total. The van der Waals surface area contributed by atoms with Crippen molar-refractivity contribution in [1.82, 2.24) is 25.2 Å². The lowest BCUT2D eigenvalue weighted by atomic mass is 10.2. The summed E-state index contributed by atoms with van der Waals surface area (Å²) in [6, 6.07) is 8.21. The van der Waals surface area contributed by atoms with Gasteiger partial charge in [-0.2, -0.15) is 10.1 Å². The summed E-state index contributed by atoms with van der Waals surface area (Å²) in [5, 5.41) is 11.5. The Hall–Kier alpha value is -1.99. The predicted molar refractivity (Wildman–Crippen MR) is 86.8 cm³/mol. The molecule has 3 aromatic rings. The largest absolute Gasteiger partial charge is 0.334 e. The lowest BCUT2D eigenvalue weighted by Gasteiger charge is -2.04. The van der Waals surface area contributed by atoms with Crippen LogP contribution in [-0.4, -0.2) is 33.0 Å². The highest BCUT2D eigenvalue weighted by Crippen LogP contribution is 2.20. The molecule has 0 aliphatic heterocycles. The average molecular weight is 362 g/mol. The van der Waals surface area contributed by atoms with Gasteiger partial charge in [0.1, 0.15) is 0 Å². The van der Waals surface area contributed by atoms with E-state index in [0.717, 1.165) is 22.1 Å². The van der Waals surface area contributed by atoms with E-state index in [4.69, 9.17) is 4.52 Å². The van der Waals surface area contributed by atoms with E-state index in [1.54, 1.807) is 10.9 Å². The van der Waals surface area contributed by atoms with Crippen molar-refractivity contribution in [2.45, 2.75) is 19.4 Å². The van der Waals surface area contributed by atoms with Crippen LogP contribution in [0, 0.1) is 0 Å². The second-order valence-electron chi connectivity index (χ2n) is 5.06. The minimum absolute atomic E-state index is 0.301. The van der Waals surface area contributed by atoms with Gasteiger partial charge in [0.2, 0.25) is 0 Å². The fourth-order valence-electron chi connectivity index (χ4n) is 2.02. The number of benzene rings is 1. The minimum atomic E-state index is 0.301. The van der Waals surface area contributed by atoms with E-state index in [1.807, 2.05) is 37.5 Å². The summed E-state index contributed by atoms with van der Waals surface area (Å²) in [6.07, 6.45) is 4.32. The molecule has 1 aromatic carbocycles. The lowest BCUT2D eigenvalue weighted by molar-refractivity contribution is 0.418. The van der Waals surface area contributed by atoms with Gasteiger partial charge in [-0.1, -0.05) is 27.2 Å². The molecule has 22 heavy (non-hydrogen) atoms. The van der Waals surface area contributed by atoms with E-state index in [-0.39, 0.29) is 0 Å². The molecular formula is C15H16BrN5O. The standard InChI is InChI=1S/C15H16BrN5O/c1-10(17-2)6-14-19-15(22-20-14)11-8-18-21(9-11)13-5-3-4-12(16)7-13/h3-5,7-10,17H,6H2,1-2H3. The van der Waals surface area contributed by atoms with E-state index in [0.29, 0.717) is 17.8 Å². The molecule has 2 aromatic heterocycles. The van der Waals surface area contributed by atoms with Crippen molar-refractivity contribution in [3.8, 4) is 17.1 Å². The van der Waals surface area contributed by atoms with Gasteiger partial charge in [0.15, 0.2) is 5.82 Å². The van der Waals surface area contributed by atoms with E-state index in [1.165, 1.54) is 0 Å². The molecule has 0 saturated heterocycles. The number of rotatable bonds is 5. The summed E-state index contributed by atoms with van der Waals surface area (Å²) < 4.78 is 8.10. The molecule has 0 amide bonds. The normalized spacial score (nSPS) is 12.5. The molecule has 0 radical (unpaired) electrons. The van der Waals surface area contributed by atoms with Crippen molar-refractivity contribution in [3.05, 3.63) is 47.0 Å². The van der Waals surface area contributed by atoms with Gasteiger partial charge in [-0.25, -0.2) is 4.68 Å². The van der Waals surface area contributed by atoms with Crippen LogP contribution in [0.3, 0.4) is 0 Å². The van der Waals surface area contributed by atoms with Crippen molar-refractivity contribution < 1.29 is 4.52 Å². The maximum atomic E-state index is 5.32. The Morgan fingerprint density at radius 2 is 2.27 bits per heavy atom. The fraction of sp³-hybridized carbons (Fsp3) is 0.267. The van der Waals surface area contributed by atoms with Crippen LogP contribution in [0.4, 0.5) is 0 Å². The second kappa shape index (κ2) is 6.41. The summed E-state index contributed by atoms with van der Waals surface area (Å²) in [4.78, 5) is 4.41. The van der Waals surface area contributed by atoms with Gasteiger partial charge in [0.05, 0.1) is 17.4 Å². The Balaban J connectivity index is 1.82. The van der Waals surface area contributed by atoms with Gasteiger partial charge in [-0.05, 0) is 32.2 Å². The summed E-state index contributed by atoms with van der Waals surface area (Å²) in [7, 11) is 1.91. The maximum Gasteiger partial charge on any atom is 0.261 e. The first-order valence-corrected chi connectivity index (χ1v) is 7.76. The molecule has 0 saturated carbocycles. The molecule has 0 spiro atoms. The molecule has 2 heterocycles. The highest BCUT2D eigenvalue weighted by Gasteiger charge is 2.13. The van der Waals surface area contributed by atoms with Crippen molar-refractivity contribution in [2.24, 2.45) is 0 Å². The molecule has 7 heteroatoms. The summed E-state index contributed by atoms with van der Waals surface area (Å²) in [5.74, 6) is 1.17. The number of aromatic nitrogens is 4. The van der Waals surface area contributed by atoms with Crippen LogP contribution in [0.25, 0.3) is 17.1 Å². The van der Waals surface area contributed by atoms with Crippen LogP contribution < -0.4 is 5.32 Å². The quantitative estimate of drug-likeness (QED) is 0.756. The van der Waals surface area contributed by atoms with Crippen molar-refractivity contribution >= 4 is 15.9 Å². The van der Waals surface area contributed by atoms with Crippen LogP contribution in [0.1, 0.15) is 12.7 Å². The zero-order chi connectivity index (χ0) is 15.5. The summed E-state index contributed by atoms with van der Waals surface area (Å²) in [5.41, 5.74) is 1.76. The van der Waals surface area contributed by atoms with Crippen LogP contribution in [0.2, 0.25) is 0 Å². The van der Waals surface area contributed by atoms with Crippen molar-refractivity contribution in [3.63, 3.8) is 0 Å². The molecule has 6 nitrogen and oxygen atoms in total. The van der Waals surface area contributed by atoms with E-state index >= 15 is 0 Å². The van der Waals surface area contributed by atoms with Crippen molar-refractivity contribution in [1.29, 1.82) is 0 Å².